The fraction of sp³-hybridized carbons (Fsp3) is 0.667. The van der Waals surface area contributed by atoms with Crippen molar-refractivity contribution < 1.29 is 31.1 Å². The van der Waals surface area contributed by atoms with Crippen LogP contribution in [0.15, 0.2) is 12.1 Å². The predicted molar refractivity (Wildman–Crippen MR) is 98.1 cm³/mol. The van der Waals surface area contributed by atoms with Crippen LogP contribution in [0, 0.1) is 0 Å². The normalized spacial score (nSPS) is 25.7. The van der Waals surface area contributed by atoms with Gasteiger partial charge in [0.15, 0.2) is 0 Å². The van der Waals surface area contributed by atoms with Crippen LogP contribution in [0.3, 0.4) is 0 Å². The van der Waals surface area contributed by atoms with Crippen LogP contribution in [-0.2, 0) is 12.4 Å². The van der Waals surface area contributed by atoms with Crippen LogP contribution < -0.4 is 5.32 Å². The van der Waals surface area contributed by atoms with Gasteiger partial charge in [-0.3, -0.25) is 9.69 Å². The second-order valence-electron chi connectivity index (χ2n) is 8.58. The summed E-state index contributed by atoms with van der Waals surface area (Å²) in [6, 6.07) is 0.595. The van der Waals surface area contributed by atoms with Crippen LogP contribution in [0.4, 0.5) is 26.3 Å². The lowest BCUT2D eigenvalue weighted by Crippen LogP contribution is -2.48. The third-order valence-corrected chi connectivity index (χ3v) is 6.45. The van der Waals surface area contributed by atoms with Gasteiger partial charge >= 0.3 is 12.4 Å². The first kappa shape index (κ1) is 21.5. The molecule has 2 atom stereocenters. The van der Waals surface area contributed by atoms with Crippen LogP contribution in [0.25, 0.3) is 0 Å². The molecule has 4 rings (SSSR count). The topological polar surface area (TPSA) is 32.3 Å². The highest BCUT2D eigenvalue weighted by atomic mass is 19.4. The van der Waals surface area contributed by atoms with E-state index in [-0.39, 0.29) is 23.7 Å². The Morgan fingerprint density at radius 3 is 2.13 bits per heavy atom. The monoisotopic (exact) mass is 434 g/mol. The van der Waals surface area contributed by atoms with Crippen molar-refractivity contribution in [1.29, 1.82) is 0 Å². The van der Waals surface area contributed by atoms with E-state index in [0.29, 0.717) is 19.3 Å². The molecule has 3 nitrogen and oxygen atoms in total. The van der Waals surface area contributed by atoms with Crippen molar-refractivity contribution in [1.82, 2.24) is 10.2 Å². The highest BCUT2D eigenvalue weighted by Crippen LogP contribution is 2.47. The quantitative estimate of drug-likeness (QED) is 0.648. The Hall–Kier alpha value is -1.77. The third kappa shape index (κ3) is 4.31. The van der Waals surface area contributed by atoms with Gasteiger partial charge in [-0.25, -0.2) is 0 Å². The SMILES string of the molecule is O=C(NC1CCCC1N1CCCC1)c1c(C2CC2)cc(C(F)(F)F)cc1C(F)(F)F. The van der Waals surface area contributed by atoms with Gasteiger partial charge in [0.25, 0.3) is 5.91 Å². The number of likely N-dealkylation sites (tertiary alicyclic amines) is 1. The minimum Gasteiger partial charge on any atom is -0.348 e. The first-order valence-corrected chi connectivity index (χ1v) is 10.4. The molecule has 1 amide bonds. The van der Waals surface area contributed by atoms with Gasteiger partial charge in [0.1, 0.15) is 0 Å². The second-order valence-corrected chi connectivity index (χ2v) is 8.58. The molecule has 1 aromatic carbocycles. The Labute approximate surface area is 170 Å². The highest BCUT2D eigenvalue weighted by Gasteiger charge is 2.44. The molecule has 1 saturated heterocycles. The molecule has 1 aliphatic heterocycles. The number of hydrogen-bond donors (Lipinski definition) is 1. The van der Waals surface area contributed by atoms with Crippen LogP contribution in [0.1, 0.15) is 77.9 Å². The molecule has 9 heteroatoms. The Bertz CT molecular complexity index is 809. The van der Waals surface area contributed by atoms with Crippen molar-refractivity contribution in [3.8, 4) is 0 Å². The van der Waals surface area contributed by atoms with Crippen molar-refractivity contribution >= 4 is 5.91 Å². The van der Waals surface area contributed by atoms with Crippen LogP contribution in [-0.4, -0.2) is 36.0 Å². The van der Waals surface area contributed by atoms with E-state index in [1.807, 2.05) is 0 Å². The molecule has 30 heavy (non-hydrogen) atoms. The Morgan fingerprint density at radius 1 is 0.900 bits per heavy atom. The van der Waals surface area contributed by atoms with Gasteiger partial charge in [-0.15, -0.1) is 0 Å². The second kappa shape index (κ2) is 7.73. The molecule has 2 aliphatic carbocycles. The maximum atomic E-state index is 13.7. The molecule has 0 bridgehead atoms. The van der Waals surface area contributed by atoms with E-state index in [9.17, 15) is 31.1 Å². The van der Waals surface area contributed by atoms with Crippen LogP contribution >= 0.6 is 0 Å². The molecule has 3 fully saturated rings. The maximum absolute atomic E-state index is 13.7. The van der Waals surface area contributed by atoms with Gasteiger partial charge in [0, 0.05) is 12.1 Å². The number of amides is 1. The first-order valence-electron chi connectivity index (χ1n) is 10.4. The van der Waals surface area contributed by atoms with E-state index in [4.69, 9.17) is 0 Å². The fourth-order valence-corrected chi connectivity index (χ4v) is 4.88. The zero-order valence-corrected chi connectivity index (χ0v) is 16.4. The maximum Gasteiger partial charge on any atom is 0.417 e. The summed E-state index contributed by atoms with van der Waals surface area (Å²) in [5, 5.41) is 2.75. The number of carbonyl (C=O) groups excluding carboxylic acids is 1. The van der Waals surface area contributed by atoms with E-state index in [0.717, 1.165) is 44.8 Å². The highest BCUT2D eigenvalue weighted by molar-refractivity contribution is 5.98. The van der Waals surface area contributed by atoms with Gasteiger partial charge in [-0.05, 0) is 81.6 Å². The van der Waals surface area contributed by atoms with Gasteiger partial charge in [-0.1, -0.05) is 0 Å². The molecule has 0 spiro atoms. The smallest absolute Gasteiger partial charge is 0.348 e. The van der Waals surface area contributed by atoms with Crippen LogP contribution in [0.2, 0.25) is 0 Å². The Morgan fingerprint density at radius 2 is 1.57 bits per heavy atom. The summed E-state index contributed by atoms with van der Waals surface area (Å²) in [6.45, 7) is 1.80. The van der Waals surface area contributed by atoms with Crippen molar-refractivity contribution in [3.05, 3.63) is 34.4 Å². The van der Waals surface area contributed by atoms with E-state index in [2.05, 4.69) is 10.2 Å². The molecule has 0 radical (unpaired) electrons. The summed E-state index contributed by atoms with van der Waals surface area (Å²) in [5.74, 6) is -1.35. The first-order chi connectivity index (χ1) is 14.1. The van der Waals surface area contributed by atoms with Gasteiger partial charge in [0.2, 0.25) is 0 Å². The summed E-state index contributed by atoms with van der Waals surface area (Å²) in [5.41, 5.74) is -3.62. The number of halogens is 6. The minimum absolute atomic E-state index is 0.0737. The summed E-state index contributed by atoms with van der Waals surface area (Å²) in [4.78, 5) is 15.3. The zero-order valence-electron chi connectivity index (χ0n) is 16.4. The number of alkyl halides is 6. The van der Waals surface area contributed by atoms with Gasteiger partial charge in [0.05, 0.1) is 16.7 Å². The number of carbonyl (C=O) groups is 1. The van der Waals surface area contributed by atoms with Crippen LogP contribution in [0.5, 0.6) is 0 Å². The van der Waals surface area contributed by atoms with Gasteiger partial charge in [-0.2, -0.15) is 26.3 Å². The number of rotatable bonds is 4. The number of nitrogens with zero attached hydrogens (tertiary/aromatic N) is 1. The van der Waals surface area contributed by atoms with Crippen molar-refractivity contribution in [3.63, 3.8) is 0 Å². The number of hydrogen-bond acceptors (Lipinski definition) is 2. The standard InChI is InChI=1S/C21H24F6N2O/c22-20(23,24)13-10-14(12-6-7-12)18(15(11-13)21(25,26)27)19(30)28-16-4-3-5-17(16)29-8-1-2-9-29/h10-12,16-17H,1-9H2,(H,28,30). The van der Waals surface area contributed by atoms with Crippen molar-refractivity contribution in [2.24, 2.45) is 0 Å². The average Bonchev–Trinajstić information content (AvgIpc) is 3.16. The third-order valence-electron chi connectivity index (χ3n) is 6.45. The lowest BCUT2D eigenvalue weighted by atomic mass is 9.93. The van der Waals surface area contributed by atoms with Gasteiger partial charge < -0.3 is 5.32 Å². The molecule has 1 aromatic rings. The lowest BCUT2D eigenvalue weighted by Gasteiger charge is -2.30. The van der Waals surface area contributed by atoms with Crippen molar-refractivity contribution in [2.75, 3.05) is 13.1 Å². The summed E-state index contributed by atoms with van der Waals surface area (Å²) < 4.78 is 80.9. The van der Waals surface area contributed by atoms with E-state index >= 15 is 0 Å². The molecule has 2 saturated carbocycles. The lowest BCUT2D eigenvalue weighted by molar-refractivity contribution is -0.143. The molecule has 0 aromatic heterocycles. The zero-order chi connectivity index (χ0) is 21.7. The molecule has 1 N–H and O–H groups in total. The average molecular weight is 434 g/mol. The Kier molecular flexibility index (Phi) is 5.53. The number of benzene rings is 1. The predicted octanol–water partition coefficient (Wildman–Crippen LogP) is 5.35. The molecular formula is C21H24F6N2O. The summed E-state index contributed by atoms with van der Waals surface area (Å²) in [7, 11) is 0. The van der Waals surface area contributed by atoms with Crippen molar-refractivity contribution in [2.45, 2.75) is 75.3 Å². The molecule has 1 heterocycles. The fourth-order valence-electron chi connectivity index (χ4n) is 4.88. The largest absolute Gasteiger partial charge is 0.417 e. The van der Waals surface area contributed by atoms with E-state index in [1.165, 1.54) is 0 Å². The molecule has 166 valence electrons. The van der Waals surface area contributed by atoms with E-state index < -0.39 is 40.9 Å². The molecule has 2 unspecified atom stereocenters. The van der Waals surface area contributed by atoms with E-state index in [1.54, 1.807) is 0 Å². The number of nitrogens with one attached hydrogen (secondary N) is 1. The summed E-state index contributed by atoms with van der Waals surface area (Å²) >= 11 is 0. The molecule has 3 aliphatic rings. The summed E-state index contributed by atoms with van der Waals surface area (Å²) in [6.07, 6.45) is -4.50. The minimum atomic E-state index is -5.05. The Balaban J connectivity index is 1.69. The molecular weight excluding hydrogens is 410 g/mol.